The van der Waals surface area contributed by atoms with Crippen LogP contribution in [0.3, 0.4) is 0 Å². The molecule has 5 nitrogen and oxygen atoms in total. The van der Waals surface area contributed by atoms with Crippen molar-refractivity contribution >= 4 is 5.91 Å². The van der Waals surface area contributed by atoms with Crippen molar-refractivity contribution in [1.29, 1.82) is 0 Å². The molecule has 0 atom stereocenters. The van der Waals surface area contributed by atoms with Crippen molar-refractivity contribution in [2.75, 3.05) is 40.9 Å². The van der Waals surface area contributed by atoms with Crippen LogP contribution in [0, 0.1) is 0 Å². The van der Waals surface area contributed by atoms with E-state index < -0.39 is 0 Å². The molecule has 1 rings (SSSR count). The van der Waals surface area contributed by atoms with Gasteiger partial charge in [0.25, 0.3) is 0 Å². The third-order valence-corrected chi connectivity index (χ3v) is 2.75. The predicted octanol–water partition coefficient (Wildman–Crippen LogP) is 0.600. The number of carbonyl (C=O) groups is 1. The van der Waals surface area contributed by atoms with Gasteiger partial charge in [-0.1, -0.05) is 24.3 Å². The van der Waals surface area contributed by atoms with Crippen LogP contribution in [0.4, 0.5) is 0 Å². The Labute approximate surface area is 121 Å². The van der Waals surface area contributed by atoms with Crippen LogP contribution in [0.15, 0.2) is 24.3 Å². The maximum Gasteiger partial charge on any atom is 0.234 e. The Kier molecular flexibility index (Phi) is 7.87. The van der Waals surface area contributed by atoms with Crippen molar-refractivity contribution in [3.63, 3.8) is 0 Å². The number of benzene rings is 1. The molecule has 0 bridgehead atoms. The minimum absolute atomic E-state index is 0.000819. The lowest BCUT2D eigenvalue weighted by molar-refractivity contribution is -0.120. The number of nitrogens with one attached hydrogen (secondary N) is 2. The number of hydrogen-bond donors (Lipinski definition) is 2. The fourth-order valence-electron chi connectivity index (χ4n) is 1.84. The molecule has 0 unspecified atom stereocenters. The van der Waals surface area contributed by atoms with E-state index in [-0.39, 0.29) is 5.91 Å². The number of ether oxygens (including phenoxy) is 1. The van der Waals surface area contributed by atoms with E-state index in [9.17, 15) is 4.79 Å². The third-order valence-electron chi connectivity index (χ3n) is 2.75. The summed E-state index contributed by atoms with van der Waals surface area (Å²) in [6.45, 7) is 3.08. The highest BCUT2D eigenvalue weighted by molar-refractivity contribution is 5.77. The van der Waals surface area contributed by atoms with Crippen molar-refractivity contribution in [2.45, 2.75) is 13.1 Å². The van der Waals surface area contributed by atoms with Gasteiger partial charge < -0.3 is 20.3 Å². The number of carbonyl (C=O) groups excluding carboxylic acids is 1. The minimum atomic E-state index is -0.000819. The van der Waals surface area contributed by atoms with Gasteiger partial charge in [0.05, 0.1) is 13.2 Å². The Hall–Kier alpha value is -1.43. The van der Waals surface area contributed by atoms with E-state index in [2.05, 4.69) is 27.7 Å². The summed E-state index contributed by atoms with van der Waals surface area (Å²) in [6.07, 6.45) is 0. The van der Waals surface area contributed by atoms with E-state index in [1.54, 1.807) is 7.11 Å². The molecule has 0 aromatic heterocycles. The highest BCUT2D eigenvalue weighted by atomic mass is 16.5. The van der Waals surface area contributed by atoms with Gasteiger partial charge in [-0.3, -0.25) is 4.79 Å². The summed E-state index contributed by atoms with van der Waals surface area (Å²) in [7, 11) is 5.72. The van der Waals surface area contributed by atoms with Crippen LogP contribution < -0.4 is 10.6 Å². The molecule has 1 aromatic rings. The second-order valence-corrected chi connectivity index (χ2v) is 5.00. The zero-order chi connectivity index (χ0) is 14.8. The average Bonchev–Trinajstić information content (AvgIpc) is 2.41. The fraction of sp³-hybridized carbons (Fsp3) is 0.533. The highest BCUT2D eigenvalue weighted by Crippen LogP contribution is 2.06. The molecule has 112 valence electrons. The van der Waals surface area contributed by atoms with Gasteiger partial charge >= 0.3 is 0 Å². The molecule has 0 aliphatic rings. The van der Waals surface area contributed by atoms with E-state index in [4.69, 9.17) is 4.74 Å². The molecule has 0 fully saturated rings. The van der Waals surface area contributed by atoms with Crippen LogP contribution in [-0.4, -0.2) is 51.7 Å². The van der Waals surface area contributed by atoms with Gasteiger partial charge in [-0.05, 0) is 25.2 Å². The minimum Gasteiger partial charge on any atom is -0.383 e. The van der Waals surface area contributed by atoms with E-state index in [0.717, 1.165) is 12.1 Å². The molecule has 20 heavy (non-hydrogen) atoms. The lowest BCUT2D eigenvalue weighted by Gasteiger charge is -2.11. The summed E-state index contributed by atoms with van der Waals surface area (Å²) in [5.41, 5.74) is 2.37. The Morgan fingerprint density at radius 3 is 2.75 bits per heavy atom. The van der Waals surface area contributed by atoms with Crippen LogP contribution in [0.25, 0.3) is 0 Å². The highest BCUT2D eigenvalue weighted by Gasteiger charge is 2.02. The van der Waals surface area contributed by atoms with Crippen molar-refractivity contribution in [2.24, 2.45) is 0 Å². The van der Waals surface area contributed by atoms with Crippen molar-refractivity contribution in [3.05, 3.63) is 35.4 Å². The third kappa shape index (κ3) is 7.23. The lowest BCUT2D eigenvalue weighted by atomic mass is 10.1. The van der Waals surface area contributed by atoms with Crippen molar-refractivity contribution < 1.29 is 9.53 Å². The molecule has 0 spiro atoms. The number of rotatable bonds is 9. The van der Waals surface area contributed by atoms with Gasteiger partial charge in [0.1, 0.15) is 0 Å². The monoisotopic (exact) mass is 279 g/mol. The summed E-state index contributed by atoms with van der Waals surface area (Å²) in [5, 5.41) is 5.92. The molecule has 0 aliphatic carbocycles. The summed E-state index contributed by atoms with van der Waals surface area (Å²) in [4.78, 5) is 13.7. The van der Waals surface area contributed by atoms with Crippen LogP contribution in [0.2, 0.25) is 0 Å². The zero-order valence-corrected chi connectivity index (χ0v) is 12.6. The van der Waals surface area contributed by atoms with E-state index >= 15 is 0 Å². The van der Waals surface area contributed by atoms with Gasteiger partial charge in [-0.2, -0.15) is 0 Å². The molecule has 1 amide bonds. The van der Waals surface area contributed by atoms with Crippen LogP contribution in [0.5, 0.6) is 0 Å². The van der Waals surface area contributed by atoms with E-state index in [1.807, 2.05) is 26.2 Å². The van der Waals surface area contributed by atoms with Crippen LogP contribution >= 0.6 is 0 Å². The molecular weight excluding hydrogens is 254 g/mol. The number of nitrogens with zero attached hydrogens (tertiary/aromatic N) is 1. The Bertz CT molecular complexity index is 408. The standard InChI is InChI=1S/C15H25N3O2/c1-18(2)12-14-6-4-5-13(9-14)10-17-15(19)11-16-7-8-20-3/h4-6,9,16H,7-8,10-12H2,1-3H3,(H,17,19). The summed E-state index contributed by atoms with van der Waals surface area (Å²) < 4.78 is 4.90. The topological polar surface area (TPSA) is 53.6 Å². The fourth-order valence-corrected chi connectivity index (χ4v) is 1.84. The van der Waals surface area contributed by atoms with Crippen molar-refractivity contribution in [3.8, 4) is 0 Å². The van der Waals surface area contributed by atoms with E-state index in [0.29, 0.717) is 26.2 Å². The lowest BCUT2D eigenvalue weighted by Crippen LogP contribution is -2.34. The molecule has 2 N–H and O–H groups in total. The molecule has 1 aromatic carbocycles. The van der Waals surface area contributed by atoms with Gasteiger partial charge in [-0.15, -0.1) is 0 Å². The molecule has 0 saturated carbocycles. The normalized spacial score (nSPS) is 10.8. The largest absolute Gasteiger partial charge is 0.383 e. The first-order valence-corrected chi connectivity index (χ1v) is 6.80. The quantitative estimate of drug-likeness (QED) is 0.650. The molecule has 0 radical (unpaired) electrons. The Morgan fingerprint density at radius 1 is 1.30 bits per heavy atom. The SMILES string of the molecule is COCCNCC(=O)NCc1cccc(CN(C)C)c1. The predicted molar refractivity (Wildman–Crippen MR) is 80.4 cm³/mol. The second-order valence-electron chi connectivity index (χ2n) is 5.00. The molecule has 0 heterocycles. The maximum absolute atomic E-state index is 11.6. The zero-order valence-electron chi connectivity index (χ0n) is 12.6. The van der Waals surface area contributed by atoms with E-state index in [1.165, 1.54) is 5.56 Å². The first kappa shape index (κ1) is 16.6. The number of methoxy groups -OCH3 is 1. The van der Waals surface area contributed by atoms with Crippen LogP contribution in [-0.2, 0) is 22.6 Å². The molecular formula is C15H25N3O2. The summed E-state index contributed by atoms with van der Waals surface area (Å²) in [5.74, 6) is -0.000819. The summed E-state index contributed by atoms with van der Waals surface area (Å²) >= 11 is 0. The Balaban J connectivity index is 2.32. The maximum atomic E-state index is 11.6. The first-order chi connectivity index (χ1) is 9.61. The molecule has 0 aliphatic heterocycles. The molecule has 5 heteroatoms. The van der Waals surface area contributed by atoms with Gasteiger partial charge in [0.2, 0.25) is 5.91 Å². The smallest absolute Gasteiger partial charge is 0.234 e. The second kappa shape index (κ2) is 9.47. The number of hydrogen-bond acceptors (Lipinski definition) is 4. The molecule has 0 saturated heterocycles. The van der Waals surface area contributed by atoms with Gasteiger partial charge in [0.15, 0.2) is 0 Å². The summed E-state index contributed by atoms with van der Waals surface area (Å²) in [6, 6.07) is 8.27. The van der Waals surface area contributed by atoms with Gasteiger partial charge in [0, 0.05) is 26.7 Å². The average molecular weight is 279 g/mol. The Morgan fingerprint density at radius 2 is 2.05 bits per heavy atom. The van der Waals surface area contributed by atoms with Crippen LogP contribution in [0.1, 0.15) is 11.1 Å². The number of amides is 1. The van der Waals surface area contributed by atoms with Crippen molar-refractivity contribution in [1.82, 2.24) is 15.5 Å². The van der Waals surface area contributed by atoms with Gasteiger partial charge in [-0.25, -0.2) is 0 Å². The first-order valence-electron chi connectivity index (χ1n) is 6.80.